The van der Waals surface area contributed by atoms with Gasteiger partial charge in [-0.3, -0.25) is 9.59 Å². The lowest BCUT2D eigenvalue weighted by Gasteiger charge is -2.13. The van der Waals surface area contributed by atoms with Crippen molar-refractivity contribution in [2.45, 2.75) is 25.3 Å². The van der Waals surface area contributed by atoms with Gasteiger partial charge < -0.3 is 20.8 Å². The van der Waals surface area contributed by atoms with Crippen LogP contribution in [0.25, 0.3) is 11.5 Å². The van der Waals surface area contributed by atoms with E-state index < -0.39 is 11.9 Å². The highest BCUT2D eigenvalue weighted by molar-refractivity contribution is 5.96. The molecule has 1 aliphatic heterocycles. The fourth-order valence-electron chi connectivity index (χ4n) is 2.45. The third kappa shape index (κ3) is 3.50. The van der Waals surface area contributed by atoms with Crippen molar-refractivity contribution in [3.8, 4) is 11.5 Å². The summed E-state index contributed by atoms with van der Waals surface area (Å²) in [5.41, 5.74) is 7.15. The summed E-state index contributed by atoms with van der Waals surface area (Å²) in [7, 11) is 0. The molecule has 1 atom stereocenters. The van der Waals surface area contributed by atoms with E-state index in [1.807, 2.05) is 0 Å². The van der Waals surface area contributed by atoms with Gasteiger partial charge in [-0.05, 0) is 43.5 Å². The Morgan fingerprint density at radius 1 is 1.30 bits per heavy atom. The molecule has 4 N–H and O–H groups in total. The van der Waals surface area contributed by atoms with Crippen LogP contribution in [0.15, 0.2) is 34.9 Å². The smallest absolute Gasteiger partial charge is 0.273 e. The minimum absolute atomic E-state index is 0.147. The number of amides is 2. The largest absolute Gasteiger partial charge is 0.444 e. The van der Waals surface area contributed by atoms with Crippen LogP contribution in [0, 0.1) is 0 Å². The number of nitrogens with two attached hydrogens (primary N) is 1. The molecule has 0 radical (unpaired) electrons. The molecule has 1 fully saturated rings. The molecule has 7 heteroatoms. The molecule has 23 heavy (non-hydrogen) atoms. The molecule has 0 spiro atoms. The Balaban J connectivity index is 1.70. The minimum atomic E-state index is -0.526. The normalized spacial score (nSPS) is 18.1. The monoisotopic (exact) mass is 314 g/mol. The van der Waals surface area contributed by atoms with E-state index in [4.69, 9.17) is 10.2 Å². The van der Waals surface area contributed by atoms with Crippen molar-refractivity contribution in [3.63, 3.8) is 0 Å². The number of anilines is 1. The third-order valence-corrected chi connectivity index (χ3v) is 3.74. The zero-order valence-corrected chi connectivity index (χ0v) is 12.5. The third-order valence-electron chi connectivity index (χ3n) is 3.74. The number of carbonyl (C=O) groups is 2. The first-order chi connectivity index (χ1) is 11.1. The maximum Gasteiger partial charge on any atom is 0.273 e. The molecular formula is C16H18N4O3. The number of oxazole rings is 1. The van der Waals surface area contributed by atoms with Crippen LogP contribution >= 0.6 is 0 Å². The average molecular weight is 314 g/mol. The maximum atomic E-state index is 12.2. The van der Waals surface area contributed by atoms with Gasteiger partial charge in [0.15, 0.2) is 5.69 Å². The van der Waals surface area contributed by atoms with Gasteiger partial charge in [0, 0.05) is 17.8 Å². The van der Waals surface area contributed by atoms with Crippen molar-refractivity contribution in [3.05, 3.63) is 36.2 Å². The SMILES string of the molecule is Nc1ccc(-c2nc(C(=O)NC3CCCCNC3=O)co2)cc1. The lowest BCUT2D eigenvalue weighted by molar-refractivity contribution is -0.122. The summed E-state index contributed by atoms with van der Waals surface area (Å²) in [6.45, 7) is 0.649. The van der Waals surface area contributed by atoms with Crippen molar-refractivity contribution in [2.75, 3.05) is 12.3 Å². The van der Waals surface area contributed by atoms with E-state index in [1.54, 1.807) is 24.3 Å². The molecule has 0 bridgehead atoms. The van der Waals surface area contributed by atoms with Crippen LogP contribution in [0.3, 0.4) is 0 Å². The lowest BCUT2D eigenvalue weighted by atomic mass is 10.1. The summed E-state index contributed by atoms with van der Waals surface area (Å²) in [6, 6.07) is 6.47. The summed E-state index contributed by atoms with van der Waals surface area (Å²) >= 11 is 0. The van der Waals surface area contributed by atoms with Gasteiger partial charge in [-0.15, -0.1) is 0 Å². The average Bonchev–Trinajstić information content (AvgIpc) is 2.95. The number of nitrogens with zero attached hydrogens (tertiary/aromatic N) is 1. The zero-order valence-electron chi connectivity index (χ0n) is 12.5. The standard InChI is InChI=1S/C16H18N4O3/c17-11-6-4-10(5-7-11)16-20-13(9-23-16)15(22)19-12-3-1-2-8-18-14(12)21/h4-7,9,12H,1-3,8,17H2,(H,18,21)(H,19,22). The number of nitrogens with one attached hydrogen (secondary N) is 2. The van der Waals surface area contributed by atoms with Crippen molar-refractivity contribution in [2.24, 2.45) is 0 Å². The van der Waals surface area contributed by atoms with Gasteiger partial charge >= 0.3 is 0 Å². The Bertz CT molecular complexity index is 708. The molecule has 2 heterocycles. The predicted octanol–water partition coefficient (Wildman–Crippen LogP) is 1.32. The quantitative estimate of drug-likeness (QED) is 0.740. The summed E-state index contributed by atoms with van der Waals surface area (Å²) in [6.07, 6.45) is 3.72. The van der Waals surface area contributed by atoms with Gasteiger partial charge in [0.25, 0.3) is 5.91 Å². The number of aromatic nitrogens is 1. The first-order valence-electron chi connectivity index (χ1n) is 7.53. The highest BCUT2D eigenvalue weighted by atomic mass is 16.3. The lowest BCUT2D eigenvalue weighted by Crippen LogP contribution is -2.45. The number of carbonyl (C=O) groups excluding carboxylic acids is 2. The number of hydrogen-bond donors (Lipinski definition) is 3. The van der Waals surface area contributed by atoms with E-state index in [0.29, 0.717) is 24.5 Å². The van der Waals surface area contributed by atoms with Crippen molar-refractivity contribution in [1.29, 1.82) is 0 Å². The summed E-state index contributed by atoms with van der Waals surface area (Å²) < 4.78 is 5.34. The molecule has 1 unspecified atom stereocenters. The van der Waals surface area contributed by atoms with Crippen LogP contribution in [0.5, 0.6) is 0 Å². The summed E-state index contributed by atoms with van der Waals surface area (Å²) in [4.78, 5) is 28.3. The van der Waals surface area contributed by atoms with E-state index in [1.165, 1.54) is 6.26 Å². The molecule has 3 rings (SSSR count). The molecule has 0 aliphatic carbocycles. The second kappa shape index (κ2) is 6.51. The van der Waals surface area contributed by atoms with Gasteiger partial charge in [-0.2, -0.15) is 0 Å². The van der Waals surface area contributed by atoms with Crippen molar-refractivity contribution >= 4 is 17.5 Å². The van der Waals surface area contributed by atoms with E-state index in [0.717, 1.165) is 18.4 Å². The second-order valence-corrected chi connectivity index (χ2v) is 5.47. The van der Waals surface area contributed by atoms with Gasteiger partial charge in [0.1, 0.15) is 12.3 Å². The summed E-state index contributed by atoms with van der Waals surface area (Å²) in [5.74, 6) is -0.240. The Labute approximate surface area is 133 Å². The van der Waals surface area contributed by atoms with Crippen LogP contribution in [0.4, 0.5) is 5.69 Å². The number of nitrogen functional groups attached to an aromatic ring is 1. The van der Waals surface area contributed by atoms with Gasteiger partial charge in [0.05, 0.1) is 0 Å². The topological polar surface area (TPSA) is 110 Å². The Morgan fingerprint density at radius 3 is 2.87 bits per heavy atom. The predicted molar refractivity (Wildman–Crippen MR) is 84.5 cm³/mol. The molecule has 2 aromatic rings. The first-order valence-corrected chi connectivity index (χ1v) is 7.53. The van der Waals surface area contributed by atoms with Gasteiger partial charge in [-0.1, -0.05) is 0 Å². The van der Waals surface area contributed by atoms with Gasteiger partial charge in [0.2, 0.25) is 11.8 Å². The molecule has 2 amide bonds. The molecule has 1 aromatic heterocycles. The van der Waals surface area contributed by atoms with Crippen LogP contribution in [-0.2, 0) is 4.79 Å². The molecule has 120 valence electrons. The molecule has 1 saturated heterocycles. The molecular weight excluding hydrogens is 296 g/mol. The molecule has 1 aromatic carbocycles. The highest BCUT2D eigenvalue weighted by Gasteiger charge is 2.24. The Kier molecular flexibility index (Phi) is 4.27. The fourth-order valence-corrected chi connectivity index (χ4v) is 2.45. The van der Waals surface area contributed by atoms with Crippen molar-refractivity contribution < 1.29 is 14.0 Å². The maximum absolute atomic E-state index is 12.2. The Morgan fingerprint density at radius 2 is 2.09 bits per heavy atom. The second-order valence-electron chi connectivity index (χ2n) is 5.47. The molecule has 1 aliphatic rings. The molecule has 7 nitrogen and oxygen atoms in total. The molecule has 0 saturated carbocycles. The number of benzene rings is 1. The van der Waals surface area contributed by atoms with Gasteiger partial charge in [-0.25, -0.2) is 4.98 Å². The van der Waals surface area contributed by atoms with Crippen LogP contribution in [0.2, 0.25) is 0 Å². The summed E-state index contributed by atoms with van der Waals surface area (Å²) in [5, 5.41) is 5.48. The van der Waals surface area contributed by atoms with E-state index in [9.17, 15) is 9.59 Å². The number of rotatable bonds is 3. The van der Waals surface area contributed by atoms with Crippen LogP contribution < -0.4 is 16.4 Å². The minimum Gasteiger partial charge on any atom is -0.444 e. The van der Waals surface area contributed by atoms with E-state index in [-0.39, 0.29) is 11.6 Å². The van der Waals surface area contributed by atoms with Crippen molar-refractivity contribution in [1.82, 2.24) is 15.6 Å². The van der Waals surface area contributed by atoms with E-state index in [2.05, 4.69) is 15.6 Å². The zero-order chi connectivity index (χ0) is 16.2. The van der Waals surface area contributed by atoms with E-state index >= 15 is 0 Å². The Hall–Kier alpha value is -2.83. The first kappa shape index (κ1) is 15.1. The highest BCUT2D eigenvalue weighted by Crippen LogP contribution is 2.20. The number of hydrogen-bond acceptors (Lipinski definition) is 5. The fraction of sp³-hybridized carbons (Fsp3) is 0.312. The van der Waals surface area contributed by atoms with Crippen LogP contribution in [-0.4, -0.2) is 29.4 Å². The van der Waals surface area contributed by atoms with Crippen LogP contribution in [0.1, 0.15) is 29.8 Å².